The number of thioether (sulfide) groups is 1. The van der Waals surface area contributed by atoms with E-state index in [1.807, 2.05) is 0 Å². The Bertz CT molecular complexity index is 1530. The van der Waals surface area contributed by atoms with Crippen LogP contribution in [0.4, 0.5) is 14.5 Å². The summed E-state index contributed by atoms with van der Waals surface area (Å²) in [6.07, 6.45) is 0.456. The Kier molecular flexibility index (Phi) is 12.7. The van der Waals surface area contributed by atoms with Gasteiger partial charge >= 0.3 is 5.97 Å². The van der Waals surface area contributed by atoms with Crippen LogP contribution in [0.3, 0.4) is 0 Å². The summed E-state index contributed by atoms with van der Waals surface area (Å²) in [5.41, 5.74) is 7.18. The highest BCUT2D eigenvalue weighted by Crippen LogP contribution is 2.46. The maximum Gasteiger partial charge on any atom is 0.326 e. The van der Waals surface area contributed by atoms with E-state index >= 15 is 0 Å². The van der Waals surface area contributed by atoms with Crippen LogP contribution in [0.5, 0.6) is 5.75 Å². The monoisotopic (exact) mass is 670 g/mol. The molecule has 0 aromatic heterocycles. The predicted octanol–water partition coefficient (Wildman–Crippen LogP) is 3.08. The number of nitrogens with zero attached hydrogens (tertiary/aromatic N) is 1. The molecule has 4 atom stereocenters. The molecule has 0 aliphatic carbocycles. The predicted molar refractivity (Wildman–Crippen MR) is 172 cm³/mol. The van der Waals surface area contributed by atoms with E-state index in [1.54, 1.807) is 29.2 Å². The van der Waals surface area contributed by atoms with Crippen LogP contribution in [0, 0.1) is 11.6 Å². The quantitative estimate of drug-likeness (QED) is 0.107. The van der Waals surface area contributed by atoms with Crippen molar-refractivity contribution in [1.82, 2.24) is 10.6 Å². The van der Waals surface area contributed by atoms with E-state index in [0.29, 0.717) is 36.4 Å². The van der Waals surface area contributed by atoms with Gasteiger partial charge in [-0.15, -0.1) is 11.8 Å². The second-order valence-corrected chi connectivity index (χ2v) is 12.0. The van der Waals surface area contributed by atoms with Gasteiger partial charge in [0.2, 0.25) is 11.8 Å². The Hall–Kier alpha value is -4.53. The molecule has 250 valence electrons. The summed E-state index contributed by atoms with van der Waals surface area (Å²) < 4.78 is 32.5. The molecule has 47 heavy (non-hydrogen) atoms. The van der Waals surface area contributed by atoms with E-state index in [1.165, 1.54) is 60.3 Å². The summed E-state index contributed by atoms with van der Waals surface area (Å²) in [7, 11) is 0. The van der Waals surface area contributed by atoms with Gasteiger partial charge < -0.3 is 36.2 Å². The molecular weight excluding hydrogens is 634 g/mol. The molecule has 3 amide bonds. The van der Waals surface area contributed by atoms with Crippen LogP contribution < -0.4 is 26.0 Å². The van der Waals surface area contributed by atoms with Crippen molar-refractivity contribution in [2.75, 3.05) is 30.3 Å². The standard InChI is InChI=1S/C33H36F2N4O7S/c34-22-8-4-20(5-9-22)27(40)19-47-31-30(39(32(31)43)24-12-10-23(35)11-13-24)21-6-14-25(15-7-21)46-18-29(42)37-17-28(41)38-26(33(44)45)3-1-2-16-36/h4-15,26-27,30-31,40H,1-3,16-19,36H2,(H,37,42)(H,38,41)(H,44,45)/t26-,27?,30-,31-/m1/s1. The minimum Gasteiger partial charge on any atom is -0.484 e. The lowest BCUT2D eigenvalue weighted by molar-refractivity contribution is -0.142. The molecule has 1 aliphatic rings. The number of unbranched alkanes of at least 4 members (excludes halogenated alkanes) is 1. The number of rotatable bonds is 17. The smallest absolute Gasteiger partial charge is 0.326 e. The van der Waals surface area contributed by atoms with E-state index in [2.05, 4.69) is 10.6 Å². The molecule has 0 bridgehead atoms. The number of hydrogen-bond donors (Lipinski definition) is 5. The Balaban J connectivity index is 1.34. The number of aliphatic hydroxyl groups is 1. The van der Waals surface area contributed by atoms with Crippen LogP contribution in [0.15, 0.2) is 72.8 Å². The minimum absolute atomic E-state index is 0.176. The molecule has 1 aliphatic heterocycles. The highest BCUT2D eigenvalue weighted by atomic mass is 32.2. The minimum atomic E-state index is -1.17. The van der Waals surface area contributed by atoms with Crippen LogP contribution in [-0.2, 0) is 19.2 Å². The number of amides is 3. The lowest BCUT2D eigenvalue weighted by Gasteiger charge is -2.47. The third-order valence-electron chi connectivity index (χ3n) is 7.46. The van der Waals surface area contributed by atoms with Gasteiger partial charge in [0.15, 0.2) is 6.61 Å². The summed E-state index contributed by atoms with van der Waals surface area (Å²) in [5, 5.41) is 24.1. The molecule has 1 unspecified atom stereocenters. The number of anilines is 1. The molecule has 3 aromatic carbocycles. The molecule has 11 nitrogen and oxygen atoms in total. The number of carboxylic acids is 1. The number of ether oxygens (including phenoxy) is 1. The maximum absolute atomic E-state index is 13.6. The summed E-state index contributed by atoms with van der Waals surface area (Å²) in [5.74, 6) is -2.99. The van der Waals surface area contributed by atoms with Gasteiger partial charge in [-0.05, 0) is 85.5 Å². The highest BCUT2D eigenvalue weighted by Gasteiger charge is 2.49. The number of β-lactam (4-membered cyclic amide) rings is 1. The second kappa shape index (κ2) is 16.9. The van der Waals surface area contributed by atoms with Crippen LogP contribution in [0.1, 0.15) is 42.5 Å². The van der Waals surface area contributed by atoms with Crippen molar-refractivity contribution in [3.63, 3.8) is 0 Å². The molecule has 0 spiro atoms. The number of nitrogens with one attached hydrogen (secondary N) is 2. The molecular formula is C33H36F2N4O7S. The second-order valence-electron chi connectivity index (χ2n) is 10.8. The van der Waals surface area contributed by atoms with E-state index in [-0.39, 0.29) is 18.1 Å². The van der Waals surface area contributed by atoms with Crippen molar-refractivity contribution >= 4 is 41.1 Å². The largest absolute Gasteiger partial charge is 0.484 e. The number of aliphatic hydroxyl groups excluding tert-OH is 1. The highest BCUT2D eigenvalue weighted by molar-refractivity contribution is 8.00. The average Bonchev–Trinajstić information content (AvgIpc) is 3.06. The van der Waals surface area contributed by atoms with E-state index in [0.717, 1.165) is 5.56 Å². The van der Waals surface area contributed by atoms with Crippen molar-refractivity contribution in [1.29, 1.82) is 0 Å². The van der Waals surface area contributed by atoms with Gasteiger partial charge in [-0.2, -0.15) is 0 Å². The van der Waals surface area contributed by atoms with Gasteiger partial charge in [-0.1, -0.05) is 24.3 Å². The molecule has 14 heteroatoms. The first-order valence-electron chi connectivity index (χ1n) is 14.9. The van der Waals surface area contributed by atoms with Crippen molar-refractivity contribution in [3.05, 3.63) is 95.6 Å². The first-order chi connectivity index (χ1) is 22.6. The molecule has 0 radical (unpaired) electrons. The number of aliphatic carboxylic acids is 1. The van der Waals surface area contributed by atoms with Gasteiger partial charge in [0.05, 0.1) is 18.7 Å². The molecule has 1 saturated heterocycles. The van der Waals surface area contributed by atoms with Gasteiger partial charge in [-0.25, -0.2) is 13.6 Å². The fraction of sp³-hybridized carbons (Fsp3) is 0.333. The first-order valence-corrected chi connectivity index (χ1v) is 16.0. The Morgan fingerprint density at radius 3 is 2.19 bits per heavy atom. The summed E-state index contributed by atoms with van der Waals surface area (Å²) in [4.78, 5) is 50.6. The van der Waals surface area contributed by atoms with Crippen LogP contribution >= 0.6 is 11.8 Å². The molecule has 1 fully saturated rings. The number of halogens is 2. The number of carbonyl (C=O) groups is 4. The van der Waals surface area contributed by atoms with E-state index < -0.39 is 66.0 Å². The van der Waals surface area contributed by atoms with E-state index in [4.69, 9.17) is 10.5 Å². The van der Waals surface area contributed by atoms with Crippen molar-refractivity contribution < 1.29 is 42.9 Å². The normalized spacial score (nSPS) is 16.9. The third-order valence-corrected chi connectivity index (χ3v) is 8.78. The molecule has 6 N–H and O–H groups in total. The zero-order valence-corrected chi connectivity index (χ0v) is 26.1. The number of benzene rings is 3. The number of carboxylic acid groups (broad SMARTS) is 1. The van der Waals surface area contributed by atoms with Gasteiger partial charge in [0, 0.05) is 11.4 Å². The SMILES string of the molecule is NCCCC[C@@H](NC(=O)CNC(=O)COc1ccc([C@@H]2[C@@H](SCC(O)c3ccc(F)cc3)C(=O)N2c2ccc(F)cc2)cc1)C(=O)O. The fourth-order valence-corrected chi connectivity index (χ4v) is 6.25. The summed E-state index contributed by atoms with van der Waals surface area (Å²) in [6.45, 7) is -0.418. The van der Waals surface area contributed by atoms with Crippen molar-refractivity contribution in [3.8, 4) is 5.75 Å². The van der Waals surface area contributed by atoms with Crippen LogP contribution in [0.25, 0.3) is 0 Å². The zero-order valence-electron chi connectivity index (χ0n) is 25.3. The third kappa shape index (κ3) is 9.73. The molecule has 0 saturated carbocycles. The van der Waals surface area contributed by atoms with E-state index in [9.17, 15) is 38.2 Å². The van der Waals surface area contributed by atoms with Crippen molar-refractivity contribution in [2.45, 2.75) is 42.7 Å². The Morgan fingerprint density at radius 2 is 1.57 bits per heavy atom. The number of nitrogens with two attached hydrogens (primary N) is 1. The Labute approximate surface area is 274 Å². The fourth-order valence-electron chi connectivity index (χ4n) is 4.95. The topological polar surface area (TPSA) is 171 Å². The lowest BCUT2D eigenvalue weighted by Crippen LogP contribution is -2.57. The summed E-state index contributed by atoms with van der Waals surface area (Å²) >= 11 is 1.26. The maximum atomic E-state index is 13.6. The van der Waals surface area contributed by atoms with Crippen LogP contribution in [-0.4, -0.2) is 70.6 Å². The molecule has 3 aromatic rings. The lowest BCUT2D eigenvalue weighted by atomic mass is 9.92. The van der Waals surface area contributed by atoms with Gasteiger partial charge in [-0.3, -0.25) is 14.4 Å². The average molecular weight is 671 g/mol. The van der Waals surface area contributed by atoms with Gasteiger partial charge in [0.25, 0.3) is 5.91 Å². The number of hydrogen-bond acceptors (Lipinski definition) is 8. The van der Waals surface area contributed by atoms with Crippen LogP contribution in [0.2, 0.25) is 0 Å². The van der Waals surface area contributed by atoms with Crippen molar-refractivity contribution in [2.24, 2.45) is 5.73 Å². The Morgan fingerprint density at radius 1 is 0.936 bits per heavy atom. The molecule has 1 heterocycles. The van der Waals surface area contributed by atoms with Gasteiger partial charge in [0.1, 0.15) is 28.7 Å². The zero-order chi connectivity index (χ0) is 33.9. The summed E-state index contributed by atoms with van der Waals surface area (Å²) in [6, 6.07) is 16.2. The first kappa shape index (κ1) is 35.3. The molecule has 4 rings (SSSR count). The number of carbonyl (C=O) groups excluding carboxylic acids is 3.